The highest BCUT2D eigenvalue weighted by atomic mass is 35.5. The van der Waals surface area contributed by atoms with Crippen LogP contribution in [0.2, 0.25) is 5.02 Å². The number of rotatable bonds is 2. The molecule has 0 fully saturated rings. The van der Waals surface area contributed by atoms with E-state index in [2.05, 4.69) is 19.1 Å². The van der Waals surface area contributed by atoms with Crippen molar-refractivity contribution in [2.24, 2.45) is 0 Å². The molecule has 0 heterocycles. The molecular formula is C14H14ClNS. The second-order valence-electron chi connectivity index (χ2n) is 4.01. The third-order valence-corrected chi connectivity index (χ3v) is 4.27. The van der Waals surface area contributed by atoms with E-state index in [1.54, 1.807) is 11.8 Å². The topological polar surface area (TPSA) is 26.0 Å². The van der Waals surface area contributed by atoms with Crippen LogP contribution in [0.25, 0.3) is 0 Å². The van der Waals surface area contributed by atoms with Crippen molar-refractivity contribution < 1.29 is 0 Å². The summed E-state index contributed by atoms with van der Waals surface area (Å²) in [6.07, 6.45) is 0. The van der Waals surface area contributed by atoms with E-state index in [0.29, 0.717) is 10.7 Å². The lowest BCUT2D eigenvalue weighted by atomic mass is 10.2. The van der Waals surface area contributed by atoms with Gasteiger partial charge in [0.25, 0.3) is 0 Å². The Morgan fingerprint density at radius 3 is 2.41 bits per heavy atom. The van der Waals surface area contributed by atoms with Crippen LogP contribution in [0, 0.1) is 13.8 Å². The minimum Gasteiger partial charge on any atom is -0.398 e. The van der Waals surface area contributed by atoms with Crippen LogP contribution in [-0.4, -0.2) is 0 Å². The number of benzene rings is 2. The molecule has 0 aromatic heterocycles. The maximum absolute atomic E-state index is 6.05. The van der Waals surface area contributed by atoms with E-state index in [4.69, 9.17) is 17.3 Å². The zero-order chi connectivity index (χ0) is 12.4. The highest BCUT2D eigenvalue weighted by Gasteiger charge is 2.06. The van der Waals surface area contributed by atoms with Crippen LogP contribution in [-0.2, 0) is 0 Å². The Kier molecular flexibility index (Phi) is 3.65. The molecule has 88 valence electrons. The van der Waals surface area contributed by atoms with Gasteiger partial charge in [0.15, 0.2) is 0 Å². The summed E-state index contributed by atoms with van der Waals surface area (Å²) in [5.41, 5.74) is 8.83. The molecule has 0 bridgehead atoms. The average Bonchev–Trinajstić information content (AvgIpc) is 2.29. The summed E-state index contributed by atoms with van der Waals surface area (Å²) < 4.78 is 0. The van der Waals surface area contributed by atoms with E-state index in [1.807, 2.05) is 31.2 Å². The first kappa shape index (κ1) is 12.3. The lowest BCUT2D eigenvalue weighted by molar-refractivity contribution is 1.26. The van der Waals surface area contributed by atoms with Crippen LogP contribution >= 0.6 is 23.4 Å². The largest absolute Gasteiger partial charge is 0.398 e. The van der Waals surface area contributed by atoms with Gasteiger partial charge in [-0.2, -0.15) is 0 Å². The Morgan fingerprint density at radius 1 is 1.00 bits per heavy atom. The van der Waals surface area contributed by atoms with Gasteiger partial charge >= 0.3 is 0 Å². The third kappa shape index (κ3) is 2.76. The summed E-state index contributed by atoms with van der Waals surface area (Å²) in [7, 11) is 0. The first-order valence-corrected chi connectivity index (χ1v) is 6.56. The number of halogens is 1. The van der Waals surface area contributed by atoms with Crippen molar-refractivity contribution in [3.05, 3.63) is 52.5 Å². The Bertz CT molecular complexity index is 552. The fourth-order valence-corrected chi connectivity index (χ4v) is 2.82. The number of nitrogen functional groups attached to an aromatic ring is 1. The molecule has 0 aliphatic heterocycles. The van der Waals surface area contributed by atoms with Gasteiger partial charge in [-0.25, -0.2) is 0 Å². The third-order valence-electron chi connectivity index (χ3n) is 2.61. The molecule has 0 unspecified atom stereocenters. The molecule has 0 atom stereocenters. The zero-order valence-corrected chi connectivity index (χ0v) is 11.4. The van der Waals surface area contributed by atoms with Gasteiger partial charge in [-0.3, -0.25) is 0 Å². The normalized spacial score (nSPS) is 10.5. The number of aryl methyl sites for hydroxylation is 2. The van der Waals surface area contributed by atoms with E-state index in [9.17, 15) is 0 Å². The Balaban J connectivity index is 2.37. The second kappa shape index (κ2) is 5.03. The van der Waals surface area contributed by atoms with Gasteiger partial charge in [-0.15, -0.1) is 0 Å². The molecule has 17 heavy (non-hydrogen) atoms. The summed E-state index contributed by atoms with van der Waals surface area (Å²) >= 11 is 7.78. The van der Waals surface area contributed by atoms with Crippen molar-refractivity contribution in [3.8, 4) is 0 Å². The summed E-state index contributed by atoms with van der Waals surface area (Å²) in [5.74, 6) is 0. The van der Waals surface area contributed by atoms with Crippen LogP contribution < -0.4 is 5.73 Å². The van der Waals surface area contributed by atoms with Crippen LogP contribution in [0.5, 0.6) is 0 Å². The second-order valence-corrected chi connectivity index (χ2v) is 5.50. The maximum Gasteiger partial charge on any atom is 0.0646 e. The quantitative estimate of drug-likeness (QED) is 0.796. The fraction of sp³-hybridized carbons (Fsp3) is 0.143. The number of hydrogen-bond acceptors (Lipinski definition) is 2. The van der Waals surface area contributed by atoms with Gasteiger partial charge in [0.2, 0.25) is 0 Å². The smallest absolute Gasteiger partial charge is 0.0646 e. The molecule has 0 spiro atoms. The minimum atomic E-state index is 0.617. The molecular weight excluding hydrogens is 250 g/mol. The molecule has 2 rings (SSSR count). The lowest BCUT2D eigenvalue weighted by Crippen LogP contribution is -1.89. The lowest BCUT2D eigenvalue weighted by Gasteiger charge is -2.09. The van der Waals surface area contributed by atoms with Crippen LogP contribution in [0.1, 0.15) is 11.1 Å². The first-order valence-electron chi connectivity index (χ1n) is 5.37. The predicted octanol–water partition coefficient (Wildman–Crippen LogP) is 4.69. The zero-order valence-electron chi connectivity index (χ0n) is 9.83. The minimum absolute atomic E-state index is 0.617. The van der Waals surface area contributed by atoms with Crippen molar-refractivity contribution in [1.29, 1.82) is 0 Å². The van der Waals surface area contributed by atoms with E-state index in [0.717, 1.165) is 10.5 Å². The van der Waals surface area contributed by atoms with Gasteiger partial charge < -0.3 is 5.73 Å². The first-order chi connectivity index (χ1) is 8.08. The van der Waals surface area contributed by atoms with Crippen molar-refractivity contribution in [2.45, 2.75) is 23.6 Å². The van der Waals surface area contributed by atoms with Crippen molar-refractivity contribution >= 4 is 29.1 Å². The molecule has 2 aromatic rings. The summed E-state index contributed by atoms with van der Waals surface area (Å²) in [6, 6.07) is 12.2. The van der Waals surface area contributed by atoms with Gasteiger partial charge in [-0.1, -0.05) is 41.6 Å². The SMILES string of the molecule is Cc1ccccc1Sc1cc(Cl)c(N)cc1C. The number of nitrogens with two attached hydrogens (primary N) is 1. The summed E-state index contributed by atoms with van der Waals surface area (Å²) in [5, 5.41) is 0.617. The Hall–Kier alpha value is -1.12. The maximum atomic E-state index is 6.05. The Morgan fingerprint density at radius 2 is 1.71 bits per heavy atom. The van der Waals surface area contributed by atoms with Gasteiger partial charge in [0.1, 0.15) is 0 Å². The van der Waals surface area contributed by atoms with Gasteiger partial charge in [0.05, 0.1) is 10.7 Å². The number of anilines is 1. The molecule has 0 aliphatic carbocycles. The van der Waals surface area contributed by atoms with E-state index < -0.39 is 0 Å². The molecule has 1 nitrogen and oxygen atoms in total. The molecule has 2 N–H and O–H groups in total. The molecule has 0 saturated heterocycles. The molecule has 0 amide bonds. The molecule has 3 heteroatoms. The van der Waals surface area contributed by atoms with E-state index in [1.165, 1.54) is 10.5 Å². The average molecular weight is 264 g/mol. The van der Waals surface area contributed by atoms with Gasteiger partial charge in [-0.05, 0) is 43.2 Å². The van der Waals surface area contributed by atoms with Crippen molar-refractivity contribution in [2.75, 3.05) is 5.73 Å². The summed E-state index contributed by atoms with van der Waals surface area (Å²) in [6.45, 7) is 4.16. The van der Waals surface area contributed by atoms with Crippen LogP contribution in [0.15, 0.2) is 46.2 Å². The molecule has 0 saturated carbocycles. The van der Waals surface area contributed by atoms with E-state index in [-0.39, 0.29) is 0 Å². The van der Waals surface area contributed by atoms with Crippen LogP contribution in [0.4, 0.5) is 5.69 Å². The predicted molar refractivity (Wildman–Crippen MR) is 75.9 cm³/mol. The monoisotopic (exact) mass is 263 g/mol. The fourth-order valence-electron chi connectivity index (χ4n) is 1.58. The molecule has 2 aromatic carbocycles. The highest BCUT2D eigenvalue weighted by Crippen LogP contribution is 2.35. The number of hydrogen-bond donors (Lipinski definition) is 1. The van der Waals surface area contributed by atoms with Crippen molar-refractivity contribution in [3.63, 3.8) is 0 Å². The van der Waals surface area contributed by atoms with Crippen LogP contribution in [0.3, 0.4) is 0 Å². The van der Waals surface area contributed by atoms with E-state index >= 15 is 0 Å². The van der Waals surface area contributed by atoms with Gasteiger partial charge in [0, 0.05) is 9.79 Å². The molecule has 0 aliphatic rings. The molecule has 0 radical (unpaired) electrons. The van der Waals surface area contributed by atoms with Crippen molar-refractivity contribution in [1.82, 2.24) is 0 Å². The highest BCUT2D eigenvalue weighted by molar-refractivity contribution is 7.99. The summed E-state index contributed by atoms with van der Waals surface area (Å²) in [4.78, 5) is 2.40. The standard InChI is InChI=1S/C14H14ClNS/c1-9-5-3-4-6-13(9)17-14-8-11(15)12(16)7-10(14)2/h3-8H,16H2,1-2H3. The Labute approximate surface area is 111 Å².